The van der Waals surface area contributed by atoms with Gasteiger partial charge >= 0.3 is 0 Å². The van der Waals surface area contributed by atoms with Crippen molar-refractivity contribution < 1.29 is 5.11 Å². The molecule has 0 saturated carbocycles. The Hall–Kier alpha value is 0.540. The molecule has 0 amide bonds. The number of hydrogen-bond donors (Lipinski definition) is 1. The first-order chi connectivity index (χ1) is 2.27. The topological polar surface area (TPSA) is 20.2 Å². The maximum atomic E-state index is 7.84. The Morgan fingerprint density at radius 2 is 1.80 bits per heavy atom. The van der Waals surface area contributed by atoms with Gasteiger partial charge in [-0.25, -0.2) is 0 Å². The number of aliphatic hydroxyl groups is 1. The molecule has 0 atom stereocenters. The molecule has 5 heavy (non-hydrogen) atoms. The third-order valence-corrected chi connectivity index (χ3v) is 0.359. The van der Waals surface area contributed by atoms with Crippen LogP contribution in [-0.4, -0.2) is 11.7 Å². The van der Waals surface area contributed by atoms with Crippen LogP contribution in [0.3, 0.4) is 0 Å². The Bertz CT molecular complexity index is 21.6. The van der Waals surface area contributed by atoms with Crippen LogP contribution in [0, 0.1) is 4.84 Å². The Kier molecular flexibility index (Phi) is 3.06. The number of rotatable bonds is 1. The summed E-state index contributed by atoms with van der Waals surface area (Å²) in [6.07, 6.45) is 0. The fraction of sp³-hybridized carbons (Fsp3) is 0.500. The lowest BCUT2D eigenvalue weighted by atomic mass is 10.9. The molecule has 1 radical (unpaired) electrons. The molecule has 0 fully saturated rings. The van der Waals surface area contributed by atoms with E-state index in [9.17, 15) is 0 Å². The molecule has 0 rings (SSSR count). The molecule has 0 spiro atoms. The molecule has 0 aromatic heterocycles. The van der Waals surface area contributed by atoms with Crippen molar-refractivity contribution in [2.75, 3.05) is 6.61 Å². The van der Waals surface area contributed by atoms with Gasteiger partial charge in [0.15, 0.2) is 4.84 Å². The van der Waals surface area contributed by atoms with Gasteiger partial charge in [0.25, 0.3) is 0 Å². The highest BCUT2D eigenvalue weighted by atomic mass is 35.5. The van der Waals surface area contributed by atoms with E-state index in [1.54, 1.807) is 0 Å². The van der Waals surface area contributed by atoms with E-state index in [-0.39, 0.29) is 11.4 Å². The van der Waals surface area contributed by atoms with E-state index >= 15 is 0 Å². The highest BCUT2D eigenvalue weighted by molar-refractivity contribution is 6.52. The van der Waals surface area contributed by atoms with Gasteiger partial charge in [-0.2, -0.15) is 0 Å². The maximum Gasteiger partial charge on any atom is 0.176 e. The second kappa shape index (κ2) is 2.76. The van der Waals surface area contributed by atoms with Gasteiger partial charge in [-0.3, -0.25) is 0 Å². The van der Waals surface area contributed by atoms with Gasteiger partial charge in [-0.15, -0.1) is 0 Å². The molecule has 3 heteroatoms. The molecule has 0 saturated heterocycles. The van der Waals surface area contributed by atoms with Crippen molar-refractivity contribution in [3.63, 3.8) is 0 Å². The van der Waals surface area contributed by atoms with Crippen LogP contribution in [0.2, 0.25) is 0 Å². The van der Waals surface area contributed by atoms with E-state index in [4.69, 9.17) is 28.3 Å². The van der Waals surface area contributed by atoms with E-state index in [1.165, 1.54) is 0 Å². The summed E-state index contributed by atoms with van der Waals surface area (Å²) in [5.74, 6) is 0. The zero-order valence-electron chi connectivity index (χ0n) is 2.41. The molecule has 0 aliphatic heterocycles. The Morgan fingerprint density at radius 3 is 1.80 bits per heavy atom. The van der Waals surface area contributed by atoms with Crippen molar-refractivity contribution in [1.29, 1.82) is 0 Å². The van der Waals surface area contributed by atoms with Crippen molar-refractivity contribution in [1.82, 2.24) is 0 Å². The zero-order chi connectivity index (χ0) is 4.28. The lowest BCUT2D eigenvalue weighted by Crippen LogP contribution is -1.80. The number of aliphatic hydroxyl groups excluding tert-OH is 1. The molecular formula is C2H3Cl2O. The lowest BCUT2D eigenvalue weighted by molar-refractivity contribution is 0.331. The summed E-state index contributed by atoms with van der Waals surface area (Å²) >= 11 is 9.79. The van der Waals surface area contributed by atoms with Gasteiger partial charge in [-0.1, -0.05) is 23.2 Å². The van der Waals surface area contributed by atoms with Crippen molar-refractivity contribution in [2.24, 2.45) is 0 Å². The largest absolute Gasteiger partial charge is 0.393 e. The van der Waals surface area contributed by atoms with E-state index in [2.05, 4.69) is 0 Å². The molecule has 0 heterocycles. The van der Waals surface area contributed by atoms with Crippen LogP contribution in [0.15, 0.2) is 0 Å². The molecule has 0 aliphatic carbocycles. The molecule has 0 unspecified atom stereocenters. The third kappa shape index (κ3) is 4.54. The summed E-state index contributed by atoms with van der Waals surface area (Å²) in [6.45, 7) is -0.247. The van der Waals surface area contributed by atoms with Crippen molar-refractivity contribution in [3.8, 4) is 0 Å². The molecule has 31 valence electrons. The first-order valence-corrected chi connectivity index (χ1v) is 1.80. The predicted molar refractivity (Wildman–Crippen MR) is 22.0 cm³/mol. The minimum absolute atomic E-state index is 0.00463. The van der Waals surface area contributed by atoms with Gasteiger partial charge in [-0.05, 0) is 0 Å². The van der Waals surface area contributed by atoms with Gasteiger partial charge in [0.1, 0.15) is 0 Å². The standard InChI is InChI=1S/C2H3Cl2O/c3-2(4)1-5/h5H,1H2. The third-order valence-electron chi connectivity index (χ3n) is 0.120. The normalized spacial score (nSPS) is 9.60. The molecule has 1 N–H and O–H groups in total. The molecule has 0 aliphatic rings. The minimum Gasteiger partial charge on any atom is -0.393 e. The summed E-state index contributed by atoms with van der Waals surface area (Å²) in [5, 5.41) is 7.84. The average Bonchev–Trinajstić information content (AvgIpc) is 1.38. The monoisotopic (exact) mass is 113 g/mol. The second-order valence-electron chi connectivity index (χ2n) is 0.497. The Labute approximate surface area is 40.5 Å². The first-order valence-electron chi connectivity index (χ1n) is 1.05. The smallest absolute Gasteiger partial charge is 0.176 e. The zero-order valence-corrected chi connectivity index (χ0v) is 3.92. The van der Waals surface area contributed by atoms with Crippen LogP contribution in [0.5, 0.6) is 0 Å². The van der Waals surface area contributed by atoms with Crippen LogP contribution >= 0.6 is 23.2 Å². The van der Waals surface area contributed by atoms with Crippen molar-refractivity contribution in [3.05, 3.63) is 4.84 Å². The molecule has 1 nitrogen and oxygen atoms in total. The van der Waals surface area contributed by atoms with Gasteiger partial charge in [0.05, 0.1) is 6.61 Å². The summed E-state index contributed by atoms with van der Waals surface area (Å²) in [4.78, 5) is 0.00463. The SMILES string of the molecule is OC[C](Cl)Cl. The van der Waals surface area contributed by atoms with Crippen molar-refractivity contribution >= 4 is 23.2 Å². The summed E-state index contributed by atoms with van der Waals surface area (Å²) in [7, 11) is 0. The average molecular weight is 114 g/mol. The summed E-state index contributed by atoms with van der Waals surface area (Å²) in [6, 6.07) is 0. The summed E-state index contributed by atoms with van der Waals surface area (Å²) in [5.41, 5.74) is 0. The number of halogens is 2. The van der Waals surface area contributed by atoms with Crippen LogP contribution in [-0.2, 0) is 0 Å². The van der Waals surface area contributed by atoms with Gasteiger partial charge in [0.2, 0.25) is 0 Å². The van der Waals surface area contributed by atoms with Crippen LogP contribution in [0.4, 0.5) is 0 Å². The van der Waals surface area contributed by atoms with Gasteiger partial charge in [0, 0.05) is 0 Å². The second-order valence-corrected chi connectivity index (χ2v) is 1.60. The van der Waals surface area contributed by atoms with Gasteiger partial charge < -0.3 is 5.11 Å². The lowest BCUT2D eigenvalue weighted by Gasteiger charge is -1.82. The van der Waals surface area contributed by atoms with E-state index < -0.39 is 0 Å². The Balaban J connectivity index is 2.54. The van der Waals surface area contributed by atoms with Crippen LogP contribution in [0.25, 0.3) is 0 Å². The predicted octanol–water partition coefficient (Wildman–Crippen LogP) is 0.946. The van der Waals surface area contributed by atoms with Crippen LogP contribution in [0.1, 0.15) is 0 Å². The van der Waals surface area contributed by atoms with E-state index in [0.717, 1.165) is 0 Å². The number of hydrogen-bond acceptors (Lipinski definition) is 1. The van der Waals surface area contributed by atoms with Crippen molar-refractivity contribution in [2.45, 2.75) is 0 Å². The molecular weight excluding hydrogens is 111 g/mol. The Morgan fingerprint density at radius 1 is 1.60 bits per heavy atom. The molecule has 0 aromatic carbocycles. The minimum atomic E-state index is -0.247. The maximum absolute atomic E-state index is 7.84. The fourth-order valence-electron chi connectivity index (χ4n) is 0. The quantitative estimate of drug-likeness (QED) is 0.537. The van der Waals surface area contributed by atoms with E-state index in [0.29, 0.717) is 0 Å². The highest BCUT2D eigenvalue weighted by Crippen LogP contribution is 2.07. The van der Waals surface area contributed by atoms with Crippen LogP contribution < -0.4 is 0 Å². The van der Waals surface area contributed by atoms with E-state index in [1.807, 2.05) is 0 Å². The molecule has 0 bridgehead atoms. The fourth-order valence-corrected chi connectivity index (χ4v) is 0. The molecule has 0 aromatic rings. The first kappa shape index (κ1) is 5.54. The highest BCUT2D eigenvalue weighted by Gasteiger charge is 1.90. The summed E-state index contributed by atoms with van der Waals surface area (Å²) < 4.78 is 0.